The van der Waals surface area contributed by atoms with E-state index in [0.717, 1.165) is 16.5 Å². The van der Waals surface area contributed by atoms with Crippen molar-refractivity contribution in [2.24, 2.45) is 0 Å². The molecule has 1 N–H and O–H groups in total. The van der Waals surface area contributed by atoms with Gasteiger partial charge in [0.1, 0.15) is 0 Å². The molecule has 3 rings (SSSR count). The number of hydrogen-bond acceptors (Lipinski definition) is 2. The summed E-state index contributed by atoms with van der Waals surface area (Å²) in [6, 6.07) is 19.1. The number of benzene rings is 2. The van der Waals surface area contributed by atoms with Crippen molar-refractivity contribution in [3.8, 4) is 6.07 Å². The zero-order valence-electron chi connectivity index (χ0n) is 11.9. The van der Waals surface area contributed by atoms with E-state index in [4.69, 9.17) is 16.9 Å². The van der Waals surface area contributed by atoms with E-state index < -0.39 is 6.10 Å². The van der Waals surface area contributed by atoms with Crippen LogP contribution in [0.1, 0.15) is 18.0 Å². The van der Waals surface area contributed by atoms with Crippen LogP contribution in [0.2, 0.25) is 5.02 Å². The molecule has 3 nitrogen and oxygen atoms in total. The van der Waals surface area contributed by atoms with Crippen LogP contribution in [-0.2, 0) is 0 Å². The zero-order valence-corrected chi connectivity index (χ0v) is 12.6. The van der Waals surface area contributed by atoms with Crippen molar-refractivity contribution in [2.75, 3.05) is 0 Å². The first-order valence-electron chi connectivity index (χ1n) is 7.07. The van der Waals surface area contributed by atoms with Crippen molar-refractivity contribution >= 4 is 22.5 Å². The van der Waals surface area contributed by atoms with E-state index in [1.54, 1.807) is 6.07 Å². The van der Waals surface area contributed by atoms with Gasteiger partial charge >= 0.3 is 0 Å². The number of fused-ring (bicyclic) bond motifs is 1. The van der Waals surface area contributed by atoms with Gasteiger partial charge < -0.3 is 9.67 Å². The lowest BCUT2D eigenvalue weighted by atomic mass is 9.99. The lowest BCUT2D eigenvalue weighted by Crippen LogP contribution is -2.24. The summed E-state index contributed by atoms with van der Waals surface area (Å²) in [6.45, 7) is 0. The van der Waals surface area contributed by atoms with Gasteiger partial charge in [0.25, 0.3) is 0 Å². The number of nitrogens with zero attached hydrogens (tertiary/aromatic N) is 2. The average molecular weight is 311 g/mol. The molecule has 22 heavy (non-hydrogen) atoms. The van der Waals surface area contributed by atoms with Crippen LogP contribution in [0.4, 0.5) is 0 Å². The molecule has 2 aromatic carbocycles. The van der Waals surface area contributed by atoms with Gasteiger partial charge in [-0.25, -0.2) is 0 Å². The van der Waals surface area contributed by atoms with Crippen LogP contribution < -0.4 is 0 Å². The molecule has 1 aromatic heterocycles. The minimum absolute atomic E-state index is 0.0592. The molecule has 0 saturated heterocycles. The number of aliphatic hydroxyl groups excluding tert-OH is 1. The van der Waals surface area contributed by atoms with Crippen LogP contribution in [0.25, 0.3) is 10.9 Å². The Kier molecular flexibility index (Phi) is 4.15. The molecule has 0 aliphatic heterocycles. The number of rotatable bonds is 4. The van der Waals surface area contributed by atoms with E-state index in [-0.39, 0.29) is 12.5 Å². The maximum Gasteiger partial charge on any atom is 0.0918 e. The van der Waals surface area contributed by atoms with Crippen LogP contribution in [-0.4, -0.2) is 15.8 Å². The first kappa shape index (κ1) is 14.6. The van der Waals surface area contributed by atoms with Crippen LogP contribution in [0, 0.1) is 11.3 Å². The van der Waals surface area contributed by atoms with E-state index in [1.165, 1.54) is 0 Å². The molecule has 3 aromatic rings. The second-order valence-corrected chi connectivity index (χ2v) is 5.65. The summed E-state index contributed by atoms with van der Waals surface area (Å²) in [5, 5.41) is 21.2. The number of halogens is 1. The Bertz CT molecular complexity index is 834. The predicted molar refractivity (Wildman–Crippen MR) is 87.8 cm³/mol. The number of aromatic nitrogens is 1. The normalized spacial score (nSPS) is 13.7. The van der Waals surface area contributed by atoms with E-state index in [0.29, 0.717) is 5.02 Å². The van der Waals surface area contributed by atoms with Gasteiger partial charge in [0.15, 0.2) is 0 Å². The molecule has 0 spiro atoms. The van der Waals surface area contributed by atoms with Gasteiger partial charge in [0, 0.05) is 16.7 Å². The van der Waals surface area contributed by atoms with Gasteiger partial charge in [0.05, 0.1) is 24.6 Å². The largest absolute Gasteiger partial charge is 0.390 e. The molecule has 0 amide bonds. The molecule has 2 atom stereocenters. The Morgan fingerprint density at radius 2 is 1.95 bits per heavy atom. The highest BCUT2D eigenvalue weighted by Crippen LogP contribution is 2.30. The van der Waals surface area contributed by atoms with Gasteiger partial charge in [-0.05, 0) is 35.2 Å². The summed E-state index contributed by atoms with van der Waals surface area (Å²) in [5.74, 6) is 0. The Balaban J connectivity index is 2.15. The fraction of sp³-hybridized carbons (Fsp3) is 0.167. The fourth-order valence-corrected chi connectivity index (χ4v) is 3.01. The predicted octanol–water partition coefficient (Wildman–Crippen LogP) is 4.16. The highest BCUT2D eigenvalue weighted by Gasteiger charge is 2.24. The minimum atomic E-state index is -0.806. The van der Waals surface area contributed by atoms with Crippen LogP contribution >= 0.6 is 11.6 Å². The molecule has 110 valence electrons. The molecule has 0 unspecified atom stereocenters. The van der Waals surface area contributed by atoms with E-state index in [1.807, 2.05) is 65.4 Å². The maximum atomic E-state index is 10.5. The molecule has 0 aliphatic rings. The second kappa shape index (κ2) is 6.23. The summed E-state index contributed by atoms with van der Waals surface area (Å²) in [5.41, 5.74) is 1.90. The van der Waals surface area contributed by atoms with Crippen LogP contribution in [0.15, 0.2) is 60.8 Å². The Labute approximate surface area is 134 Å². The van der Waals surface area contributed by atoms with Crippen molar-refractivity contribution in [1.82, 2.24) is 4.57 Å². The highest BCUT2D eigenvalue weighted by atomic mass is 35.5. The third kappa shape index (κ3) is 2.71. The summed E-state index contributed by atoms with van der Waals surface area (Å²) >= 11 is 6.09. The Hall–Kier alpha value is -2.28. The summed E-state index contributed by atoms with van der Waals surface area (Å²) in [7, 11) is 0. The summed E-state index contributed by atoms with van der Waals surface area (Å²) in [6.07, 6.45) is 1.19. The lowest BCUT2D eigenvalue weighted by molar-refractivity contribution is 0.136. The first-order valence-corrected chi connectivity index (χ1v) is 7.44. The average Bonchev–Trinajstić information content (AvgIpc) is 2.92. The monoisotopic (exact) mass is 310 g/mol. The van der Waals surface area contributed by atoms with Crippen molar-refractivity contribution in [2.45, 2.75) is 18.6 Å². The molecule has 0 radical (unpaired) electrons. The van der Waals surface area contributed by atoms with Gasteiger partial charge in [-0.2, -0.15) is 5.26 Å². The summed E-state index contributed by atoms with van der Waals surface area (Å²) in [4.78, 5) is 0. The number of para-hydroxylation sites is 1. The standard InChI is InChI=1S/C18H15ClN2O/c19-15-6-3-5-14(12-15)18(17(22)8-10-20)21-11-9-13-4-1-2-7-16(13)21/h1-7,9,11-12,17-18,22H,8H2/t17-,18+/m1/s1. The number of nitriles is 1. The lowest BCUT2D eigenvalue weighted by Gasteiger charge is -2.25. The second-order valence-electron chi connectivity index (χ2n) is 5.21. The minimum Gasteiger partial charge on any atom is -0.390 e. The highest BCUT2D eigenvalue weighted by molar-refractivity contribution is 6.30. The van der Waals surface area contributed by atoms with Gasteiger partial charge in [-0.15, -0.1) is 0 Å². The third-order valence-electron chi connectivity index (χ3n) is 3.78. The molecule has 0 saturated carbocycles. The zero-order chi connectivity index (χ0) is 15.5. The molecular weight excluding hydrogens is 296 g/mol. The topological polar surface area (TPSA) is 48.9 Å². The quantitative estimate of drug-likeness (QED) is 0.786. The fourth-order valence-electron chi connectivity index (χ4n) is 2.81. The maximum absolute atomic E-state index is 10.5. The van der Waals surface area contributed by atoms with Crippen molar-refractivity contribution in [3.63, 3.8) is 0 Å². The SMILES string of the molecule is N#CC[C@@H](O)[C@H](c1cccc(Cl)c1)n1ccc2ccccc21. The molecular formula is C18H15ClN2O. The Morgan fingerprint density at radius 1 is 1.14 bits per heavy atom. The van der Waals surface area contributed by atoms with Crippen LogP contribution in [0.3, 0.4) is 0 Å². The Morgan fingerprint density at radius 3 is 2.73 bits per heavy atom. The van der Waals surface area contributed by atoms with Crippen LogP contribution in [0.5, 0.6) is 0 Å². The van der Waals surface area contributed by atoms with Crippen molar-refractivity contribution in [3.05, 3.63) is 71.4 Å². The molecule has 0 aliphatic carbocycles. The molecule has 0 fully saturated rings. The molecule has 0 bridgehead atoms. The number of hydrogen-bond donors (Lipinski definition) is 1. The van der Waals surface area contributed by atoms with Gasteiger partial charge in [-0.3, -0.25) is 0 Å². The van der Waals surface area contributed by atoms with Gasteiger partial charge in [-0.1, -0.05) is 41.9 Å². The van der Waals surface area contributed by atoms with Crippen molar-refractivity contribution < 1.29 is 5.11 Å². The first-order chi connectivity index (χ1) is 10.7. The van der Waals surface area contributed by atoms with E-state index >= 15 is 0 Å². The van der Waals surface area contributed by atoms with E-state index in [9.17, 15) is 5.11 Å². The third-order valence-corrected chi connectivity index (χ3v) is 4.02. The van der Waals surface area contributed by atoms with E-state index in [2.05, 4.69) is 0 Å². The van der Waals surface area contributed by atoms with Gasteiger partial charge in [0.2, 0.25) is 0 Å². The number of aliphatic hydroxyl groups is 1. The van der Waals surface area contributed by atoms with Crippen molar-refractivity contribution in [1.29, 1.82) is 5.26 Å². The molecule has 4 heteroatoms. The molecule has 1 heterocycles. The summed E-state index contributed by atoms with van der Waals surface area (Å²) < 4.78 is 2.00. The smallest absolute Gasteiger partial charge is 0.0918 e.